The van der Waals surface area contributed by atoms with Gasteiger partial charge in [-0.2, -0.15) is 4.98 Å². The second kappa shape index (κ2) is 8.60. The zero-order valence-electron chi connectivity index (χ0n) is 19.4. The van der Waals surface area contributed by atoms with Gasteiger partial charge in [-0.15, -0.1) is 5.10 Å². The zero-order valence-corrected chi connectivity index (χ0v) is 19.4. The number of aliphatic hydroxyl groups excluding tert-OH is 1. The molecule has 1 fully saturated rings. The van der Waals surface area contributed by atoms with Crippen LogP contribution in [0.5, 0.6) is 0 Å². The first kappa shape index (κ1) is 21.6. The minimum absolute atomic E-state index is 0.0527. The Morgan fingerprint density at radius 3 is 2.73 bits per heavy atom. The average molecular weight is 451 g/mol. The zero-order chi connectivity index (χ0) is 23.1. The van der Waals surface area contributed by atoms with Crippen molar-refractivity contribution in [3.05, 3.63) is 30.2 Å². The SMILES string of the molecule is CNc1nc(NC2CC(OCCO)C2)nn2ccc(-c3ccc4nc(C)n(C(C)C)c4n3)c12. The third-order valence-electron chi connectivity index (χ3n) is 6.13. The number of imidazole rings is 1. The molecule has 0 bridgehead atoms. The van der Waals surface area contributed by atoms with E-state index in [1.165, 1.54) is 0 Å². The monoisotopic (exact) mass is 450 g/mol. The highest BCUT2D eigenvalue weighted by molar-refractivity contribution is 5.89. The lowest BCUT2D eigenvalue weighted by molar-refractivity contribution is -0.0196. The van der Waals surface area contributed by atoms with Gasteiger partial charge in [0, 0.05) is 30.9 Å². The maximum Gasteiger partial charge on any atom is 0.243 e. The predicted molar refractivity (Wildman–Crippen MR) is 128 cm³/mol. The van der Waals surface area contributed by atoms with Crippen LogP contribution in [0.4, 0.5) is 11.8 Å². The van der Waals surface area contributed by atoms with E-state index >= 15 is 0 Å². The molecule has 0 radical (unpaired) electrons. The van der Waals surface area contributed by atoms with Crippen molar-refractivity contribution >= 4 is 28.4 Å². The average Bonchev–Trinajstić information content (AvgIpc) is 3.34. The number of nitrogens with one attached hydrogen (secondary N) is 2. The van der Waals surface area contributed by atoms with E-state index in [0.29, 0.717) is 12.6 Å². The van der Waals surface area contributed by atoms with Crippen LogP contribution in [-0.2, 0) is 4.74 Å². The van der Waals surface area contributed by atoms with Crippen LogP contribution in [0.1, 0.15) is 38.6 Å². The minimum Gasteiger partial charge on any atom is -0.394 e. The first-order valence-electron chi connectivity index (χ1n) is 11.4. The molecule has 0 saturated heterocycles. The van der Waals surface area contributed by atoms with Gasteiger partial charge < -0.3 is 25.0 Å². The van der Waals surface area contributed by atoms with Gasteiger partial charge in [-0.25, -0.2) is 14.5 Å². The molecule has 33 heavy (non-hydrogen) atoms. The fourth-order valence-electron chi connectivity index (χ4n) is 4.54. The molecule has 10 nitrogen and oxygen atoms in total. The Bertz CT molecular complexity index is 1290. The number of rotatable bonds is 8. The Morgan fingerprint density at radius 1 is 1.18 bits per heavy atom. The molecule has 4 aromatic heterocycles. The maximum atomic E-state index is 8.89. The van der Waals surface area contributed by atoms with E-state index in [1.54, 1.807) is 0 Å². The molecule has 0 unspecified atom stereocenters. The highest BCUT2D eigenvalue weighted by Gasteiger charge is 2.30. The van der Waals surface area contributed by atoms with Crippen LogP contribution in [-0.4, -0.2) is 66.6 Å². The van der Waals surface area contributed by atoms with Crippen LogP contribution in [0, 0.1) is 6.92 Å². The van der Waals surface area contributed by atoms with E-state index in [9.17, 15) is 0 Å². The Balaban J connectivity index is 1.46. The van der Waals surface area contributed by atoms with E-state index in [2.05, 4.69) is 39.1 Å². The van der Waals surface area contributed by atoms with Crippen LogP contribution in [0.2, 0.25) is 0 Å². The van der Waals surface area contributed by atoms with Gasteiger partial charge in [0.25, 0.3) is 0 Å². The first-order chi connectivity index (χ1) is 16.0. The Morgan fingerprint density at radius 2 is 2.00 bits per heavy atom. The molecule has 1 aliphatic rings. The van der Waals surface area contributed by atoms with Gasteiger partial charge in [0.05, 0.1) is 25.0 Å². The molecule has 5 rings (SSSR count). The summed E-state index contributed by atoms with van der Waals surface area (Å²) < 4.78 is 9.55. The molecular weight excluding hydrogens is 420 g/mol. The van der Waals surface area contributed by atoms with E-state index in [-0.39, 0.29) is 24.8 Å². The van der Waals surface area contributed by atoms with Gasteiger partial charge in [-0.05, 0) is 51.8 Å². The van der Waals surface area contributed by atoms with E-state index < -0.39 is 0 Å². The van der Waals surface area contributed by atoms with Crippen LogP contribution >= 0.6 is 0 Å². The molecule has 1 saturated carbocycles. The van der Waals surface area contributed by atoms with E-state index in [4.69, 9.17) is 19.8 Å². The largest absolute Gasteiger partial charge is 0.394 e. The molecule has 0 aromatic carbocycles. The molecule has 0 amide bonds. The normalized spacial score (nSPS) is 18.2. The number of nitrogens with zero attached hydrogens (tertiary/aromatic N) is 6. The van der Waals surface area contributed by atoms with Crippen LogP contribution in [0.25, 0.3) is 27.9 Å². The molecule has 10 heteroatoms. The third kappa shape index (κ3) is 3.89. The molecule has 4 heterocycles. The number of hydrogen-bond acceptors (Lipinski definition) is 8. The summed E-state index contributed by atoms with van der Waals surface area (Å²) in [7, 11) is 1.86. The Hall–Kier alpha value is -3.24. The fourth-order valence-corrected chi connectivity index (χ4v) is 4.54. The van der Waals surface area contributed by atoms with Crippen molar-refractivity contribution in [3.63, 3.8) is 0 Å². The van der Waals surface area contributed by atoms with E-state index in [1.807, 2.05) is 42.9 Å². The van der Waals surface area contributed by atoms with Gasteiger partial charge in [-0.3, -0.25) is 0 Å². The van der Waals surface area contributed by atoms with Crippen molar-refractivity contribution in [2.24, 2.45) is 0 Å². The highest BCUT2D eigenvalue weighted by atomic mass is 16.5. The van der Waals surface area contributed by atoms with Crippen LogP contribution in [0.15, 0.2) is 24.4 Å². The molecule has 0 aliphatic heterocycles. The topological polar surface area (TPSA) is 114 Å². The highest BCUT2D eigenvalue weighted by Crippen LogP contribution is 2.32. The standard InChI is InChI=1S/C23H30N8O2/c1-13(2)31-14(3)25-19-6-5-18(27-22(19)31)17-7-8-30-20(17)21(24-4)28-23(29-30)26-15-11-16(12-15)33-10-9-32/h5-8,13,15-16,32H,9-12H2,1-4H3,(H2,24,26,28,29). The van der Waals surface area contributed by atoms with Gasteiger partial charge in [-0.1, -0.05) is 0 Å². The van der Waals surface area contributed by atoms with Crippen molar-refractivity contribution in [1.29, 1.82) is 0 Å². The quantitative estimate of drug-likeness (QED) is 0.375. The van der Waals surface area contributed by atoms with Gasteiger partial charge in [0.1, 0.15) is 16.9 Å². The van der Waals surface area contributed by atoms with Crippen molar-refractivity contribution in [2.75, 3.05) is 30.9 Å². The molecule has 174 valence electrons. The molecular formula is C23H30N8O2. The number of pyridine rings is 1. The number of aryl methyl sites for hydroxylation is 1. The van der Waals surface area contributed by atoms with Crippen LogP contribution in [0.3, 0.4) is 0 Å². The molecule has 4 aromatic rings. The first-order valence-corrected chi connectivity index (χ1v) is 11.4. The van der Waals surface area contributed by atoms with E-state index in [0.717, 1.165) is 52.4 Å². The molecule has 0 atom stereocenters. The van der Waals surface area contributed by atoms with Gasteiger partial charge >= 0.3 is 0 Å². The van der Waals surface area contributed by atoms with Gasteiger partial charge in [0.15, 0.2) is 11.5 Å². The van der Waals surface area contributed by atoms with Gasteiger partial charge in [0.2, 0.25) is 5.95 Å². The lowest BCUT2D eigenvalue weighted by atomic mass is 9.89. The summed E-state index contributed by atoms with van der Waals surface area (Å²) in [6, 6.07) is 6.58. The number of anilines is 2. The Kier molecular flexibility index (Phi) is 5.63. The second-order valence-corrected chi connectivity index (χ2v) is 8.75. The lowest BCUT2D eigenvalue weighted by Gasteiger charge is -2.35. The summed E-state index contributed by atoms with van der Waals surface area (Å²) in [5.74, 6) is 2.26. The van der Waals surface area contributed by atoms with Crippen LogP contribution < -0.4 is 10.6 Å². The smallest absolute Gasteiger partial charge is 0.243 e. The molecule has 0 spiro atoms. The summed E-state index contributed by atoms with van der Waals surface area (Å²) in [4.78, 5) is 14.3. The summed E-state index contributed by atoms with van der Waals surface area (Å²) in [5, 5.41) is 20.2. The van der Waals surface area contributed by atoms with Crippen molar-refractivity contribution in [2.45, 2.75) is 51.8 Å². The lowest BCUT2D eigenvalue weighted by Crippen LogP contribution is -2.41. The number of aliphatic hydroxyl groups is 1. The van der Waals surface area contributed by atoms with Crippen molar-refractivity contribution in [3.8, 4) is 11.3 Å². The summed E-state index contributed by atoms with van der Waals surface area (Å²) in [6.07, 6.45) is 3.87. The number of hydrogen-bond donors (Lipinski definition) is 3. The number of ether oxygens (including phenoxy) is 1. The van der Waals surface area contributed by atoms with Crippen molar-refractivity contribution in [1.82, 2.24) is 29.1 Å². The third-order valence-corrected chi connectivity index (χ3v) is 6.13. The summed E-state index contributed by atoms with van der Waals surface area (Å²) in [6.45, 7) is 6.73. The molecule has 1 aliphatic carbocycles. The summed E-state index contributed by atoms with van der Waals surface area (Å²) in [5.41, 5.74) is 4.47. The minimum atomic E-state index is 0.0527. The Labute approximate surface area is 192 Å². The summed E-state index contributed by atoms with van der Waals surface area (Å²) >= 11 is 0. The predicted octanol–water partition coefficient (Wildman–Crippen LogP) is 3.02. The number of aromatic nitrogens is 6. The maximum absolute atomic E-state index is 8.89. The molecule has 3 N–H and O–H groups in total. The van der Waals surface area contributed by atoms with Crippen molar-refractivity contribution < 1.29 is 9.84 Å². The number of fused-ring (bicyclic) bond motifs is 2. The second-order valence-electron chi connectivity index (χ2n) is 8.75. The fraction of sp³-hybridized carbons (Fsp3) is 0.478.